The Labute approximate surface area is 128 Å². The summed E-state index contributed by atoms with van der Waals surface area (Å²) < 4.78 is 41.5. The van der Waals surface area contributed by atoms with Crippen molar-refractivity contribution in [3.63, 3.8) is 0 Å². The van der Waals surface area contributed by atoms with Crippen molar-refractivity contribution in [2.24, 2.45) is 5.41 Å². The maximum Gasteiger partial charge on any atom is 0.259 e. The summed E-state index contributed by atoms with van der Waals surface area (Å²) in [6, 6.07) is 4.20. The normalized spacial score (nSPS) is 31.7. The molecule has 1 aromatic rings. The van der Waals surface area contributed by atoms with Crippen LogP contribution in [0, 0.1) is 18.2 Å². The lowest BCUT2D eigenvalue weighted by molar-refractivity contribution is -0.156. The summed E-state index contributed by atoms with van der Waals surface area (Å²) in [6.07, 6.45) is 1.56. The number of benzene rings is 1. The summed E-state index contributed by atoms with van der Waals surface area (Å²) in [5.74, 6) is -3.92. The minimum absolute atomic E-state index is 0.167. The molecule has 3 rings (SSSR count). The average molecular weight is 311 g/mol. The third-order valence-electron chi connectivity index (χ3n) is 5.27. The fraction of sp³-hybridized carbons (Fsp3) is 0.588. The maximum atomic E-state index is 13.9. The molecule has 1 amide bonds. The zero-order chi connectivity index (χ0) is 16.3. The monoisotopic (exact) mass is 311 g/mol. The number of rotatable bonds is 2. The predicted octanol–water partition coefficient (Wildman–Crippen LogP) is 4.23. The van der Waals surface area contributed by atoms with Gasteiger partial charge in [0.15, 0.2) is 0 Å². The molecule has 0 radical (unpaired) electrons. The largest absolute Gasteiger partial charge is 0.332 e. The van der Waals surface area contributed by atoms with Crippen molar-refractivity contribution in [1.82, 2.24) is 4.90 Å². The molecule has 2 fully saturated rings. The zero-order valence-corrected chi connectivity index (χ0v) is 13.0. The predicted molar refractivity (Wildman–Crippen MR) is 77.1 cm³/mol. The Bertz CT molecular complexity index is 605. The van der Waals surface area contributed by atoms with Gasteiger partial charge in [-0.25, -0.2) is 13.2 Å². The van der Waals surface area contributed by atoms with E-state index >= 15 is 0 Å². The van der Waals surface area contributed by atoms with E-state index in [2.05, 4.69) is 0 Å². The third kappa shape index (κ3) is 2.13. The first-order valence-corrected chi connectivity index (χ1v) is 7.61. The van der Waals surface area contributed by atoms with Crippen molar-refractivity contribution >= 4 is 5.91 Å². The van der Waals surface area contributed by atoms with Gasteiger partial charge in [-0.05, 0) is 56.4 Å². The number of nitrogens with zero attached hydrogens (tertiary/aromatic N) is 1. The number of alkyl halides is 2. The van der Waals surface area contributed by atoms with E-state index in [-0.39, 0.29) is 24.3 Å². The zero-order valence-electron chi connectivity index (χ0n) is 13.0. The molecule has 5 heteroatoms. The summed E-state index contributed by atoms with van der Waals surface area (Å²) in [4.78, 5) is 14.2. The molecule has 22 heavy (non-hydrogen) atoms. The van der Waals surface area contributed by atoms with Crippen LogP contribution in [0.25, 0.3) is 0 Å². The molecule has 2 saturated heterocycles. The van der Waals surface area contributed by atoms with E-state index in [0.29, 0.717) is 18.4 Å². The van der Waals surface area contributed by atoms with Gasteiger partial charge in [-0.15, -0.1) is 0 Å². The highest BCUT2D eigenvalue weighted by Crippen LogP contribution is 2.54. The standard InChI is InChI=1S/C17H20F3NO/c1-10-6-11(8-12(18)7-10)14-5-4-13-9-16(2,17(3,19)20)15(22)21(13)14/h6-8,13-14H,4-5,9H2,1-3H3/t13-,14?,16?/m0/s1. The van der Waals surface area contributed by atoms with Crippen LogP contribution in [0.2, 0.25) is 0 Å². The lowest BCUT2D eigenvalue weighted by Gasteiger charge is -2.31. The highest BCUT2D eigenvalue weighted by Gasteiger charge is 2.62. The van der Waals surface area contributed by atoms with E-state index in [1.807, 2.05) is 6.07 Å². The quantitative estimate of drug-likeness (QED) is 0.800. The number of hydrogen-bond donors (Lipinski definition) is 0. The minimum Gasteiger partial charge on any atom is -0.332 e. The Hall–Kier alpha value is -1.52. The first kappa shape index (κ1) is 15.4. The van der Waals surface area contributed by atoms with Gasteiger partial charge < -0.3 is 4.90 Å². The van der Waals surface area contributed by atoms with Crippen molar-refractivity contribution in [2.75, 3.05) is 0 Å². The number of aryl methyl sites for hydroxylation is 1. The van der Waals surface area contributed by atoms with Crippen molar-refractivity contribution in [3.05, 3.63) is 35.1 Å². The van der Waals surface area contributed by atoms with Crippen LogP contribution in [0.5, 0.6) is 0 Å². The van der Waals surface area contributed by atoms with Gasteiger partial charge >= 0.3 is 0 Å². The molecule has 0 aromatic heterocycles. The molecule has 2 nitrogen and oxygen atoms in total. The Morgan fingerprint density at radius 3 is 2.55 bits per heavy atom. The number of hydrogen-bond acceptors (Lipinski definition) is 1. The molecular formula is C17H20F3NO. The Morgan fingerprint density at radius 2 is 1.95 bits per heavy atom. The SMILES string of the molecule is Cc1cc(F)cc(C2CC[C@H]3CC(C)(C(C)(F)F)C(=O)N23)c1. The molecule has 120 valence electrons. The van der Waals surface area contributed by atoms with Crippen molar-refractivity contribution < 1.29 is 18.0 Å². The van der Waals surface area contributed by atoms with Crippen molar-refractivity contribution in [1.29, 1.82) is 0 Å². The summed E-state index contributed by atoms with van der Waals surface area (Å²) in [6.45, 7) is 3.95. The summed E-state index contributed by atoms with van der Waals surface area (Å²) in [5, 5.41) is 0. The van der Waals surface area contributed by atoms with Crippen LogP contribution in [0.1, 0.15) is 50.3 Å². The van der Waals surface area contributed by atoms with Crippen LogP contribution in [-0.4, -0.2) is 22.8 Å². The van der Waals surface area contributed by atoms with E-state index in [0.717, 1.165) is 12.5 Å². The molecule has 3 atom stereocenters. The smallest absolute Gasteiger partial charge is 0.259 e. The molecule has 2 heterocycles. The molecule has 0 N–H and O–H groups in total. The fourth-order valence-electron chi connectivity index (χ4n) is 3.89. The molecule has 0 saturated carbocycles. The number of halogens is 3. The van der Waals surface area contributed by atoms with Crippen LogP contribution in [0.4, 0.5) is 13.2 Å². The number of fused-ring (bicyclic) bond motifs is 1. The summed E-state index contributed by atoms with van der Waals surface area (Å²) in [7, 11) is 0. The van der Waals surface area contributed by atoms with Gasteiger partial charge in [0.05, 0.1) is 6.04 Å². The number of amides is 1. The first-order valence-electron chi connectivity index (χ1n) is 7.61. The first-order chi connectivity index (χ1) is 10.1. The van der Waals surface area contributed by atoms with Gasteiger partial charge in [0, 0.05) is 13.0 Å². The molecule has 2 aliphatic heterocycles. The van der Waals surface area contributed by atoms with Crippen molar-refractivity contribution in [3.8, 4) is 0 Å². The van der Waals surface area contributed by atoms with Gasteiger partial charge in [0.2, 0.25) is 5.91 Å². The van der Waals surface area contributed by atoms with E-state index in [1.165, 1.54) is 19.1 Å². The van der Waals surface area contributed by atoms with Crippen LogP contribution in [0.3, 0.4) is 0 Å². The summed E-state index contributed by atoms with van der Waals surface area (Å²) in [5.41, 5.74) is -0.177. The number of carbonyl (C=O) groups is 1. The van der Waals surface area contributed by atoms with Gasteiger partial charge in [0.1, 0.15) is 11.2 Å². The molecule has 1 aromatic carbocycles. The minimum atomic E-state index is -3.06. The topological polar surface area (TPSA) is 20.3 Å². The molecule has 2 aliphatic rings. The fourth-order valence-corrected chi connectivity index (χ4v) is 3.89. The molecule has 0 spiro atoms. The lowest BCUT2D eigenvalue weighted by Crippen LogP contribution is -2.44. The van der Waals surface area contributed by atoms with Crippen LogP contribution in [0.15, 0.2) is 18.2 Å². The van der Waals surface area contributed by atoms with Crippen LogP contribution >= 0.6 is 0 Å². The number of carbonyl (C=O) groups excluding carboxylic acids is 1. The third-order valence-corrected chi connectivity index (χ3v) is 5.27. The van der Waals surface area contributed by atoms with E-state index in [9.17, 15) is 18.0 Å². The van der Waals surface area contributed by atoms with E-state index < -0.39 is 17.2 Å². The van der Waals surface area contributed by atoms with Gasteiger partial charge in [-0.1, -0.05) is 6.07 Å². The second kappa shape index (κ2) is 4.74. The van der Waals surface area contributed by atoms with Gasteiger partial charge in [0.25, 0.3) is 5.92 Å². The lowest BCUT2D eigenvalue weighted by atomic mass is 9.80. The van der Waals surface area contributed by atoms with Crippen LogP contribution in [-0.2, 0) is 4.79 Å². The van der Waals surface area contributed by atoms with Crippen molar-refractivity contribution in [2.45, 2.75) is 58.0 Å². The Kier molecular flexibility index (Phi) is 3.31. The molecule has 2 unspecified atom stereocenters. The van der Waals surface area contributed by atoms with Gasteiger partial charge in [-0.2, -0.15) is 0 Å². The average Bonchev–Trinajstić information content (AvgIpc) is 2.88. The van der Waals surface area contributed by atoms with E-state index in [1.54, 1.807) is 11.8 Å². The highest BCUT2D eigenvalue weighted by atomic mass is 19.3. The Balaban J connectivity index is 1.97. The molecule has 0 bridgehead atoms. The second-order valence-corrected chi connectivity index (χ2v) is 6.95. The maximum absolute atomic E-state index is 13.9. The second-order valence-electron chi connectivity index (χ2n) is 6.95. The van der Waals surface area contributed by atoms with Gasteiger partial charge in [-0.3, -0.25) is 4.79 Å². The van der Waals surface area contributed by atoms with Crippen LogP contribution < -0.4 is 0 Å². The molecule has 0 aliphatic carbocycles. The highest BCUT2D eigenvalue weighted by molar-refractivity contribution is 5.87. The Morgan fingerprint density at radius 1 is 1.27 bits per heavy atom. The summed E-state index contributed by atoms with van der Waals surface area (Å²) >= 11 is 0. The van der Waals surface area contributed by atoms with E-state index in [4.69, 9.17) is 0 Å². The molecular weight excluding hydrogens is 291 g/mol.